The van der Waals surface area contributed by atoms with Gasteiger partial charge in [0.1, 0.15) is 0 Å². The Morgan fingerprint density at radius 2 is 0.839 bits per heavy atom. The monoisotopic (exact) mass is 763 g/mol. The van der Waals surface area contributed by atoms with Gasteiger partial charge < -0.3 is 10.2 Å². The Hall–Kier alpha value is -3.68. The molecule has 0 aromatic carbocycles. The van der Waals surface area contributed by atoms with Crippen LogP contribution < -0.4 is 0 Å². The lowest BCUT2D eigenvalue weighted by atomic mass is 9.69. The molecule has 0 aromatic rings. The molecule has 6 nitrogen and oxygen atoms in total. The van der Waals surface area contributed by atoms with Gasteiger partial charge in [0.25, 0.3) is 0 Å². The van der Waals surface area contributed by atoms with Crippen LogP contribution in [0.3, 0.4) is 0 Å². The first-order chi connectivity index (χ1) is 26.4. The number of rotatable bonds is 12. The molecule has 2 heterocycles. The van der Waals surface area contributed by atoms with Crippen LogP contribution in [0.2, 0.25) is 0 Å². The number of hydrogen-bond acceptors (Lipinski definition) is 6. The second kappa shape index (κ2) is 20.1. The maximum absolute atomic E-state index is 13.4. The van der Waals surface area contributed by atoms with E-state index in [1.54, 1.807) is 0 Å². The van der Waals surface area contributed by atoms with Crippen molar-refractivity contribution in [3.63, 3.8) is 0 Å². The zero-order valence-corrected chi connectivity index (χ0v) is 36.1. The number of ketones is 2. The fraction of sp³-hybridized carbons (Fsp3) is 0.520. The predicted octanol–water partition coefficient (Wildman–Crippen LogP) is 9.83. The first-order valence-electron chi connectivity index (χ1n) is 20.8. The third-order valence-electron chi connectivity index (χ3n) is 12.2. The van der Waals surface area contributed by atoms with E-state index in [1.807, 2.05) is 13.8 Å². The number of piperidine rings is 2. The van der Waals surface area contributed by atoms with Crippen molar-refractivity contribution >= 4 is 11.6 Å². The molecule has 0 spiro atoms. The number of allylic oxidation sites excluding steroid dienone is 20. The Kier molecular flexibility index (Phi) is 16.2. The smallest absolute Gasteiger partial charge is 0.175 e. The highest BCUT2D eigenvalue weighted by molar-refractivity contribution is 6.02. The number of likely N-dealkylation sites (tertiary alicyclic amines) is 2. The van der Waals surface area contributed by atoms with Crippen molar-refractivity contribution < 1.29 is 19.8 Å². The Morgan fingerprint density at radius 1 is 0.536 bits per heavy atom. The number of aliphatic hydroxyl groups is 2. The molecular weight excluding hydrogens is 693 g/mol. The Morgan fingerprint density at radius 3 is 1.18 bits per heavy atom. The van der Waals surface area contributed by atoms with E-state index in [0.29, 0.717) is 0 Å². The molecule has 2 N–H and O–H groups in total. The highest BCUT2D eigenvalue weighted by atomic mass is 16.3. The van der Waals surface area contributed by atoms with Crippen LogP contribution in [-0.2, 0) is 9.59 Å². The molecule has 2 fully saturated rings. The minimum Gasteiger partial charge on any atom is -0.393 e. The summed E-state index contributed by atoms with van der Waals surface area (Å²) in [6.45, 7) is 24.4. The van der Waals surface area contributed by atoms with Gasteiger partial charge in [0, 0.05) is 26.2 Å². The van der Waals surface area contributed by atoms with Gasteiger partial charge in [-0.05, 0) is 113 Å². The van der Waals surface area contributed by atoms with Gasteiger partial charge in [0.15, 0.2) is 11.6 Å². The fourth-order valence-corrected chi connectivity index (χ4v) is 8.61. The van der Waals surface area contributed by atoms with Gasteiger partial charge in [-0.15, -0.1) is 0 Å². The SMILES string of the molecule is CC(C=CC=C(C)C=CC1=C(C)C(=O)C(N2CCC(O)CC2)CC1(C)C)=CC=CC=C(C)C=CC=C(C)C=CC1=C(C)C(=O)C(N2CCC(O)CC2)CC1(C)C. The van der Waals surface area contributed by atoms with Gasteiger partial charge in [0.05, 0.1) is 24.3 Å². The zero-order valence-electron chi connectivity index (χ0n) is 36.1. The van der Waals surface area contributed by atoms with Crippen LogP contribution in [0.15, 0.2) is 130 Å². The van der Waals surface area contributed by atoms with E-state index in [1.165, 1.54) is 0 Å². The number of aliphatic hydroxyl groups excluding tert-OH is 2. The van der Waals surface area contributed by atoms with Crippen LogP contribution in [0.4, 0.5) is 0 Å². The second-order valence-corrected chi connectivity index (χ2v) is 18.0. The highest BCUT2D eigenvalue weighted by Gasteiger charge is 2.42. The largest absolute Gasteiger partial charge is 0.393 e. The Balaban J connectivity index is 1.28. The van der Waals surface area contributed by atoms with Gasteiger partial charge in [-0.2, -0.15) is 0 Å². The van der Waals surface area contributed by atoms with Crippen LogP contribution >= 0.6 is 0 Å². The summed E-state index contributed by atoms with van der Waals surface area (Å²) in [6, 6.07) is -0.188. The summed E-state index contributed by atoms with van der Waals surface area (Å²) < 4.78 is 0. The van der Waals surface area contributed by atoms with Crippen molar-refractivity contribution in [2.75, 3.05) is 26.2 Å². The van der Waals surface area contributed by atoms with Gasteiger partial charge >= 0.3 is 0 Å². The van der Waals surface area contributed by atoms with Crippen LogP contribution in [0.5, 0.6) is 0 Å². The molecule has 0 saturated carbocycles. The molecule has 2 unspecified atom stereocenters. The molecule has 0 aromatic heterocycles. The third-order valence-corrected chi connectivity index (χ3v) is 12.2. The van der Waals surface area contributed by atoms with Gasteiger partial charge in [-0.25, -0.2) is 0 Å². The maximum atomic E-state index is 13.4. The van der Waals surface area contributed by atoms with Crippen molar-refractivity contribution in [1.29, 1.82) is 0 Å². The average Bonchev–Trinajstić information content (AvgIpc) is 3.13. The summed E-state index contributed by atoms with van der Waals surface area (Å²) in [5.74, 6) is 0.454. The molecule has 2 atom stereocenters. The van der Waals surface area contributed by atoms with Crippen molar-refractivity contribution in [3.8, 4) is 0 Å². The van der Waals surface area contributed by atoms with Gasteiger partial charge in [-0.1, -0.05) is 135 Å². The number of hydrogen-bond donors (Lipinski definition) is 2. The molecule has 0 radical (unpaired) electrons. The molecule has 56 heavy (non-hydrogen) atoms. The highest BCUT2D eigenvalue weighted by Crippen LogP contribution is 2.43. The summed E-state index contributed by atoms with van der Waals surface area (Å²) in [5.41, 5.74) is 8.27. The molecular formula is C50H70N2O4. The molecule has 2 aliphatic carbocycles. The number of nitrogens with zero attached hydrogens (tertiary/aromatic N) is 2. The lowest BCUT2D eigenvalue weighted by Crippen LogP contribution is -2.51. The van der Waals surface area contributed by atoms with Crippen LogP contribution in [0.25, 0.3) is 0 Å². The van der Waals surface area contributed by atoms with Gasteiger partial charge in [0.2, 0.25) is 0 Å². The first-order valence-corrected chi connectivity index (χ1v) is 20.8. The summed E-state index contributed by atoms with van der Waals surface area (Å²) in [5, 5.41) is 19.9. The molecule has 4 aliphatic rings. The molecule has 2 aliphatic heterocycles. The summed E-state index contributed by atoms with van der Waals surface area (Å²) in [4.78, 5) is 31.4. The van der Waals surface area contributed by atoms with Crippen LogP contribution in [0, 0.1) is 10.8 Å². The van der Waals surface area contributed by atoms with E-state index in [0.717, 1.165) is 109 Å². The third kappa shape index (κ3) is 12.4. The van der Waals surface area contributed by atoms with E-state index in [-0.39, 0.29) is 46.7 Å². The molecule has 4 rings (SSSR count). The summed E-state index contributed by atoms with van der Waals surface area (Å²) in [6.07, 6.45) is 33.4. The molecule has 6 heteroatoms. The molecule has 2 saturated heterocycles. The normalized spacial score (nSPS) is 26.6. The number of carbonyl (C=O) groups is 2. The van der Waals surface area contributed by atoms with E-state index >= 15 is 0 Å². The van der Waals surface area contributed by atoms with Crippen LogP contribution in [-0.4, -0.2) is 82.1 Å². The van der Waals surface area contributed by atoms with E-state index in [4.69, 9.17) is 0 Å². The standard InChI is InChI=1S/C50H70N2O4/c1-35(17-13-19-37(3)21-23-43-39(5)47(55)45(33-49(43,7)8)51-29-25-41(53)26-30-51)15-11-12-16-36(2)18-14-20-38(4)22-24-44-40(6)48(56)46(34-50(44,9)10)52-31-27-42(54)28-32-52/h11-24,41-42,45-46,53-54H,25-34H2,1-10H3. The van der Waals surface area contributed by atoms with Crippen molar-refractivity contribution in [2.45, 2.75) is 132 Å². The van der Waals surface area contributed by atoms with Crippen LogP contribution in [0.1, 0.15) is 108 Å². The zero-order chi connectivity index (χ0) is 41.2. The van der Waals surface area contributed by atoms with E-state index in [9.17, 15) is 19.8 Å². The lowest BCUT2D eigenvalue weighted by molar-refractivity contribution is -0.124. The minimum atomic E-state index is -0.239. The molecule has 0 amide bonds. The second-order valence-electron chi connectivity index (χ2n) is 18.0. The Labute approximate surface area is 338 Å². The summed E-state index contributed by atoms with van der Waals surface area (Å²) >= 11 is 0. The Bertz CT molecular complexity index is 1650. The number of Topliss-reactive ketones (excluding diaryl/α,β-unsaturated/α-hetero) is 2. The number of carbonyl (C=O) groups excluding carboxylic acids is 2. The van der Waals surface area contributed by atoms with Crippen molar-refractivity contribution in [3.05, 3.63) is 130 Å². The predicted molar refractivity (Wildman–Crippen MR) is 234 cm³/mol. The topological polar surface area (TPSA) is 81.1 Å². The van der Waals surface area contributed by atoms with E-state index < -0.39 is 0 Å². The summed E-state index contributed by atoms with van der Waals surface area (Å²) in [7, 11) is 0. The van der Waals surface area contributed by atoms with Gasteiger partial charge in [-0.3, -0.25) is 19.4 Å². The quantitative estimate of drug-likeness (QED) is 0.193. The average molecular weight is 763 g/mol. The maximum Gasteiger partial charge on any atom is 0.175 e. The molecule has 0 bridgehead atoms. The van der Waals surface area contributed by atoms with E-state index in [2.05, 4.69) is 150 Å². The molecule has 304 valence electrons. The fourth-order valence-electron chi connectivity index (χ4n) is 8.61. The minimum absolute atomic E-state index is 0.0942. The van der Waals surface area contributed by atoms with Crippen molar-refractivity contribution in [1.82, 2.24) is 9.80 Å². The lowest BCUT2D eigenvalue weighted by Gasteiger charge is -2.43. The first kappa shape index (κ1) is 45.0. The van der Waals surface area contributed by atoms with Crippen molar-refractivity contribution in [2.24, 2.45) is 10.8 Å².